The van der Waals surface area contributed by atoms with Gasteiger partial charge >= 0.3 is 5.97 Å². The smallest absolute Gasteiger partial charge is 0.303 e. The average Bonchev–Trinajstić information content (AvgIpc) is 3.29. The van der Waals surface area contributed by atoms with E-state index in [2.05, 4.69) is 23.6 Å². The van der Waals surface area contributed by atoms with E-state index in [9.17, 15) is 14.4 Å². The number of allylic oxidation sites excluding steroid dienone is 2. The SMILES string of the molecule is CCCCCNC(=O)CCNC(=O)C1C2CCC(O2)C1C/C=C/CCCC(=O)O. The molecule has 0 aromatic carbocycles. The number of carboxylic acids is 1. The van der Waals surface area contributed by atoms with Crippen LogP contribution in [-0.4, -0.2) is 48.2 Å². The summed E-state index contributed by atoms with van der Waals surface area (Å²) in [4.78, 5) is 35.1. The van der Waals surface area contributed by atoms with Crippen LogP contribution in [0.5, 0.6) is 0 Å². The molecule has 0 radical (unpaired) electrons. The lowest BCUT2D eigenvalue weighted by Crippen LogP contribution is -2.42. The van der Waals surface area contributed by atoms with E-state index in [0.29, 0.717) is 25.9 Å². The second-order valence-corrected chi connectivity index (χ2v) is 8.07. The Balaban J connectivity index is 1.70. The van der Waals surface area contributed by atoms with Crippen LogP contribution < -0.4 is 10.6 Å². The predicted octanol–water partition coefficient (Wildman–Crippen LogP) is 2.79. The van der Waals surface area contributed by atoms with Crippen molar-refractivity contribution in [3.8, 4) is 0 Å². The molecule has 2 bridgehead atoms. The standard InChI is InChI=1S/C22H36N2O5/c1-2-3-8-14-23-19(25)13-15-24-22(28)21-16(17-11-12-18(21)29-17)9-6-4-5-7-10-20(26)27/h4,6,16-18,21H,2-3,5,7-15H2,1H3,(H,23,25)(H,24,28)(H,26,27)/b6-4+. The molecule has 7 nitrogen and oxygen atoms in total. The number of ether oxygens (including phenoxy) is 1. The molecule has 2 amide bonds. The van der Waals surface area contributed by atoms with Gasteiger partial charge in [-0.1, -0.05) is 31.9 Å². The fourth-order valence-corrected chi connectivity index (χ4v) is 4.29. The number of unbranched alkanes of at least 4 members (excludes halogenated alkanes) is 3. The zero-order valence-corrected chi connectivity index (χ0v) is 17.5. The summed E-state index contributed by atoms with van der Waals surface area (Å²) in [7, 11) is 0. The number of nitrogens with one attached hydrogen (secondary N) is 2. The van der Waals surface area contributed by atoms with Crippen LogP contribution in [0.3, 0.4) is 0 Å². The molecule has 0 aromatic heterocycles. The summed E-state index contributed by atoms with van der Waals surface area (Å²) >= 11 is 0. The monoisotopic (exact) mass is 408 g/mol. The van der Waals surface area contributed by atoms with Crippen LogP contribution in [0.25, 0.3) is 0 Å². The fourth-order valence-electron chi connectivity index (χ4n) is 4.29. The number of hydrogen-bond donors (Lipinski definition) is 3. The maximum atomic E-state index is 12.7. The van der Waals surface area contributed by atoms with Crippen molar-refractivity contribution in [1.82, 2.24) is 10.6 Å². The van der Waals surface area contributed by atoms with E-state index >= 15 is 0 Å². The number of carboxylic acid groups (broad SMARTS) is 1. The van der Waals surface area contributed by atoms with Gasteiger partial charge in [0, 0.05) is 31.8 Å². The largest absolute Gasteiger partial charge is 0.481 e. The number of carbonyl (C=O) groups is 3. The summed E-state index contributed by atoms with van der Waals surface area (Å²) in [6, 6.07) is 0. The van der Waals surface area contributed by atoms with Gasteiger partial charge in [0.1, 0.15) is 0 Å². The van der Waals surface area contributed by atoms with Gasteiger partial charge in [-0.15, -0.1) is 0 Å². The molecule has 0 aliphatic carbocycles. The summed E-state index contributed by atoms with van der Waals surface area (Å²) in [5.41, 5.74) is 0. The molecular formula is C22H36N2O5. The molecule has 7 heteroatoms. The first kappa shape index (κ1) is 23.4. The molecule has 2 aliphatic rings. The summed E-state index contributed by atoms with van der Waals surface area (Å²) in [6.07, 6.45) is 11.9. The zero-order valence-electron chi connectivity index (χ0n) is 17.5. The fraction of sp³-hybridized carbons (Fsp3) is 0.773. The molecule has 4 unspecified atom stereocenters. The molecule has 2 heterocycles. The third kappa shape index (κ3) is 7.80. The second kappa shape index (κ2) is 12.6. The molecule has 2 fully saturated rings. The summed E-state index contributed by atoms with van der Waals surface area (Å²) < 4.78 is 5.98. The summed E-state index contributed by atoms with van der Waals surface area (Å²) in [5, 5.41) is 14.5. The molecule has 0 saturated carbocycles. The van der Waals surface area contributed by atoms with Crippen molar-refractivity contribution < 1.29 is 24.2 Å². The number of hydrogen-bond acceptors (Lipinski definition) is 4. The third-order valence-electron chi connectivity index (χ3n) is 5.82. The van der Waals surface area contributed by atoms with E-state index in [0.717, 1.165) is 44.9 Å². The lowest BCUT2D eigenvalue weighted by molar-refractivity contribution is -0.137. The minimum atomic E-state index is -0.772. The Morgan fingerprint density at radius 3 is 2.55 bits per heavy atom. The Bertz CT molecular complexity index is 578. The van der Waals surface area contributed by atoms with Crippen LogP contribution in [-0.2, 0) is 19.1 Å². The molecule has 0 aromatic rings. The van der Waals surface area contributed by atoms with E-state index in [4.69, 9.17) is 9.84 Å². The normalized spacial score (nSPS) is 25.4. The van der Waals surface area contributed by atoms with Gasteiger partial charge in [0.2, 0.25) is 11.8 Å². The summed E-state index contributed by atoms with van der Waals surface area (Å²) in [5.74, 6) is -0.810. The quantitative estimate of drug-likeness (QED) is 0.303. The van der Waals surface area contributed by atoms with Gasteiger partial charge in [0.05, 0.1) is 18.1 Å². The van der Waals surface area contributed by atoms with Crippen molar-refractivity contribution in [1.29, 1.82) is 0 Å². The van der Waals surface area contributed by atoms with Crippen molar-refractivity contribution >= 4 is 17.8 Å². The minimum Gasteiger partial charge on any atom is -0.481 e. The first-order chi connectivity index (χ1) is 14.0. The highest BCUT2D eigenvalue weighted by molar-refractivity contribution is 5.81. The molecule has 2 saturated heterocycles. The number of fused-ring (bicyclic) bond motifs is 2. The third-order valence-corrected chi connectivity index (χ3v) is 5.82. The van der Waals surface area contributed by atoms with E-state index in [1.807, 2.05) is 6.08 Å². The van der Waals surface area contributed by atoms with E-state index in [-0.39, 0.29) is 42.3 Å². The Kier molecular flexibility index (Phi) is 10.2. The van der Waals surface area contributed by atoms with Crippen LogP contribution in [0.2, 0.25) is 0 Å². The molecule has 29 heavy (non-hydrogen) atoms. The highest BCUT2D eigenvalue weighted by atomic mass is 16.5. The lowest BCUT2D eigenvalue weighted by atomic mass is 9.77. The van der Waals surface area contributed by atoms with Crippen LogP contribution in [0.15, 0.2) is 12.2 Å². The van der Waals surface area contributed by atoms with Gasteiger partial charge in [-0.25, -0.2) is 0 Å². The van der Waals surface area contributed by atoms with Crippen molar-refractivity contribution in [2.45, 2.75) is 83.3 Å². The zero-order chi connectivity index (χ0) is 21.1. The number of aliphatic carboxylic acids is 1. The first-order valence-electron chi connectivity index (χ1n) is 11.1. The first-order valence-corrected chi connectivity index (χ1v) is 11.1. The second-order valence-electron chi connectivity index (χ2n) is 8.07. The van der Waals surface area contributed by atoms with Gasteiger partial charge in [-0.05, 0) is 38.5 Å². The molecular weight excluding hydrogens is 372 g/mol. The minimum absolute atomic E-state index is 0.0136. The highest BCUT2D eigenvalue weighted by Crippen LogP contribution is 2.45. The van der Waals surface area contributed by atoms with Gasteiger partial charge in [0.25, 0.3) is 0 Å². The molecule has 2 aliphatic heterocycles. The highest BCUT2D eigenvalue weighted by Gasteiger charge is 2.51. The Labute approximate surface area is 173 Å². The maximum absolute atomic E-state index is 12.7. The molecule has 3 N–H and O–H groups in total. The Morgan fingerprint density at radius 1 is 1.00 bits per heavy atom. The van der Waals surface area contributed by atoms with Gasteiger partial charge in [-0.2, -0.15) is 0 Å². The predicted molar refractivity (Wildman–Crippen MR) is 110 cm³/mol. The van der Waals surface area contributed by atoms with Crippen LogP contribution >= 0.6 is 0 Å². The molecule has 4 atom stereocenters. The number of amides is 2. The Morgan fingerprint density at radius 2 is 1.79 bits per heavy atom. The number of rotatable bonds is 14. The van der Waals surface area contributed by atoms with Crippen LogP contribution in [0.1, 0.15) is 71.1 Å². The van der Waals surface area contributed by atoms with Crippen molar-refractivity contribution in [2.24, 2.45) is 11.8 Å². The van der Waals surface area contributed by atoms with Crippen LogP contribution in [0.4, 0.5) is 0 Å². The van der Waals surface area contributed by atoms with Crippen molar-refractivity contribution in [2.75, 3.05) is 13.1 Å². The topological polar surface area (TPSA) is 105 Å². The van der Waals surface area contributed by atoms with Gasteiger partial charge in [-0.3, -0.25) is 14.4 Å². The van der Waals surface area contributed by atoms with Crippen molar-refractivity contribution in [3.05, 3.63) is 12.2 Å². The summed E-state index contributed by atoms with van der Waals surface area (Å²) in [6.45, 7) is 3.17. The average molecular weight is 409 g/mol. The van der Waals surface area contributed by atoms with E-state index < -0.39 is 5.97 Å². The molecule has 0 spiro atoms. The maximum Gasteiger partial charge on any atom is 0.303 e. The molecule has 164 valence electrons. The van der Waals surface area contributed by atoms with Crippen molar-refractivity contribution in [3.63, 3.8) is 0 Å². The van der Waals surface area contributed by atoms with Gasteiger partial charge in [0.15, 0.2) is 0 Å². The molecule has 2 rings (SSSR count). The van der Waals surface area contributed by atoms with Crippen LogP contribution in [0, 0.1) is 11.8 Å². The number of carbonyl (C=O) groups excluding carboxylic acids is 2. The van der Waals surface area contributed by atoms with E-state index in [1.165, 1.54) is 0 Å². The van der Waals surface area contributed by atoms with E-state index in [1.54, 1.807) is 0 Å². The van der Waals surface area contributed by atoms with Gasteiger partial charge < -0.3 is 20.5 Å². The Hall–Kier alpha value is -1.89. The lowest BCUT2D eigenvalue weighted by Gasteiger charge is -2.26.